The Balaban J connectivity index is 1.33. The van der Waals surface area contributed by atoms with Gasteiger partial charge in [-0.25, -0.2) is 4.98 Å². The fraction of sp³-hybridized carbons (Fsp3) is 0.577. The summed E-state index contributed by atoms with van der Waals surface area (Å²) in [5, 5.41) is 9.63. The van der Waals surface area contributed by atoms with Gasteiger partial charge in [-0.05, 0) is 45.6 Å². The van der Waals surface area contributed by atoms with Crippen LogP contribution >= 0.6 is 11.3 Å². The van der Waals surface area contributed by atoms with Gasteiger partial charge in [0.15, 0.2) is 5.82 Å². The van der Waals surface area contributed by atoms with Gasteiger partial charge >= 0.3 is 0 Å². The molecule has 0 aliphatic carbocycles. The molecular formula is C26H37N7OS. The second kappa shape index (κ2) is 9.78. The smallest absolute Gasteiger partial charge is 0.236 e. The molecule has 3 aromatic rings. The number of piperazine rings is 1. The third kappa shape index (κ3) is 5.30. The van der Waals surface area contributed by atoms with Crippen molar-refractivity contribution in [2.45, 2.75) is 52.5 Å². The minimum absolute atomic E-state index is 0.120. The second-order valence-electron chi connectivity index (χ2n) is 10.7. The van der Waals surface area contributed by atoms with Crippen LogP contribution in [0, 0.1) is 0 Å². The number of carbonyl (C=O) groups excluding carboxylic acids is 1. The molecule has 2 aromatic heterocycles. The van der Waals surface area contributed by atoms with E-state index in [0.29, 0.717) is 6.54 Å². The molecule has 4 heterocycles. The second-order valence-corrected chi connectivity index (χ2v) is 11.6. The van der Waals surface area contributed by atoms with Gasteiger partial charge in [0.25, 0.3) is 0 Å². The fourth-order valence-corrected chi connectivity index (χ4v) is 5.74. The van der Waals surface area contributed by atoms with Gasteiger partial charge in [0.05, 0.1) is 6.54 Å². The maximum atomic E-state index is 12.5. The lowest BCUT2D eigenvalue weighted by Crippen LogP contribution is -2.49. The highest BCUT2D eigenvalue weighted by Crippen LogP contribution is 2.35. The Morgan fingerprint density at radius 1 is 1.03 bits per heavy atom. The number of anilines is 2. The third-order valence-corrected chi connectivity index (χ3v) is 7.75. The number of nitrogens with zero attached hydrogens (tertiary/aromatic N) is 6. The summed E-state index contributed by atoms with van der Waals surface area (Å²) in [5.74, 6) is 1.22. The van der Waals surface area contributed by atoms with Gasteiger partial charge in [-0.2, -0.15) is 4.52 Å². The predicted octanol–water partition coefficient (Wildman–Crippen LogP) is 3.98. The average Bonchev–Trinajstić information content (AvgIpc) is 3.57. The summed E-state index contributed by atoms with van der Waals surface area (Å²) in [7, 11) is 0. The average molecular weight is 496 g/mol. The molecule has 0 radical (unpaired) electrons. The largest absolute Gasteiger partial charge is 0.364 e. The summed E-state index contributed by atoms with van der Waals surface area (Å²) in [6.07, 6.45) is 3.31. The SMILES string of the molecule is CCc1ccc(-c2nc3sc(N4CCN(CC(=O)N5CCCC5)CC4)nn3c2NC(C)(C)C)cc1. The highest BCUT2D eigenvalue weighted by molar-refractivity contribution is 7.20. The Morgan fingerprint density at radius 2 is 1.71 bits per heavy atom. The first-order valence-corrected chi connectivity index (χ1v) is 13.6. The lowest BCUT2D eigenvalue weighted by atomic mass is 10.1. The molecule has 0 bridgehead atoms. The van der Waals surface area contributed by atoms with Crippen molar-refractivity contribution in [2.75, 3.05) is 56.0 Å². The van der Waals surface area contributed by atoms with Gasteiger partial charge < -0.3 is 15.1 Å². The molecule has 188 valence electrons. The molecule has 0 spiro atoms. The zero-order chi connectivity index (χ0) is 24.6. The first-order chi connectivity index (χ1) is 16.8. The summed E-state index contributed by atoms with van der Waals surface area (Å²) in [4.78, 5) is 25.0. The van der Waals surface area contributed by atoms with Gasteiger partial charge in [0, 0.05) is 50.4 Å². The molecule has 2 aliphatic rings. The lowest BCUT2D eigenvalue weighted by Gasteiger charge is -2.34. The first kappa shape index (κ1) is 24.1. The van der Waals surface area contributed by atoms with Crippen molar-refractivity contribution in [3.63, 3.8) is 0 Å². The number of likely N-dealkylation sites (tertiary alicyclic amines) is 1. The van der Waals surface area contributed by atoms with Crippen molar-refractivity contribution < 1.29 is 4.79 Å². The Hall–Kier alpha value is -2.65. The molecule has 2 aliphatic heterocycles. The Labute approximate surface area is 211 Å². The molecule has 1 N–H and O–H groups in total. The Kier molecular flexibility index (Phi) is 6.72. The van der Waals surface area contributed by atoms with Crippen LogP contribution in [0.2, 0.25) is 0 Å². The van der Waals surface area contributed by atoms with Crippen molar-refractivity contribution in [2.24, 2.45) is 0 Å². The minimum atomic E-state index is -0.120. The van der Waals surface area contributed by atoms with E-state index in [1.54, 1.807) is 11.3 Å². The molecule has 8 nitrogen and oxygen atoms in total. The Bertz CT molecular complexity index is 1160. The summed E-state index contributed by atoms with van der Waals surface area (Å²) in [5.41, 5.74) is 3.25. The molecule has 9 heteroatoms. The maximum Gasteiger partial charge on any atom is 0.236 e. The van der Waals surface area contributed by atoms with Crippen molar-refractivity contribution in [1.29, 1.82) is 0 Å². The zero-order valence-corrected chi connectivity index (χ0v) is 22.2. The van der Waals surface area contributed by atoms with Crippen molar-refractivity contribution in [3.8, 4) is 11.3 Å². The summed E-state index contributed by atoms with van der Waals surface area (Å²) in [6, 6.07) is 8.66. The highest BCUT2D eigenvalue weighted by Gasteiger charge is 2.27. The summed E-state index contributed by atoms with van der Waals surface area (Å²) < 4.78 is 1.97. The van der Waals surface area contributed by atoms with E-state index in [-0.39, 0.29) is 11.4 Å². The van der Waals surface area contributed by atoms with Crippen LogP contribution in [-0.2, 0) is 11.2 Å². The number of fused-ring (bicyclic) bond motifs is 1. The number of aromatic nitrogens is 3. The zero-order valence-electron chi connectivity index (χ0n) is 21.4. The minimum Gasteiger partial charge on any atom is -0.364 e. The molecule has 2 fully saturated rings. The van der Waals surface area contributed by atoms with Gasteiger partial charge in [-0.1, -0.05) is 42.5 Å². The maximum absolute atomic E-state index is 12.5. The van der Waals surface area contributed by atoms with E-state index < -0.39 is 0 Å². The molecule has 2 saturated heterocycles. The van der Waals surface area contributed by atoms with Crippen LogP contribution in [0.25, 0.3) is 16.2 Å². The molecular weight excluding hydrogens is 458 g/mol. The van der Waals surface area contributed by atoms with E-state index in [9.17, 15) is 4.79 Å². The van der Waals surface area contributed by atoms with E-state index in [2.05, 4.69) is 67.1 Å². The lowest BCUT2D eigenvalue weighted by molar-refractivity contribution is -0.131. The van der Waals surface area contributed by atoms with E-state index in [0.717, 1.165) is 85.7 Å². The van der Waals surface area contributed by atoms with Gasteiger partial charge in [0.2, 0.25) is 16.0 Å². The number of hydrogen-bond acceptors (Lipinski definition) is 7. The molecule has 0 saturated carbocycles. The topological polar surface area (TPSA) is 69.0 Å². The number of benzene rings is 1. The van der Waals surface area contributed by atoms with Crippen molar-refractivity contribution in [3.05, 3.63) is 29.8 Å². The normalized spacial score (nSPS) is 17.5. The van der Waals surface area contributed by atoms with Crippen LogP contribution in [-0.4, -0.2) is 81.7 Å². The number of carbonyl (C=O) groups is 1. The molecule has 5 rings (SSSR count). The number of amides is 1. The quantitative estimate of drug-likeness (QED) is 0.558. The van der Waals surface area contributed by atoms with Crippen LogP contribution in [0.5, 0.6) is 0 Å². The summed E-state index contributed by atoms with van der Waals surface area (Å²) in [6.45, 7) is 14.5. The number of aryl methyl sites for hydroxylation is 1. The van der Waals surface area contributed by atoms with Crippen LogP contribution in [0.15, 0.2) is 24.3 Å². The van der Waals surface area contributed by atoms with Crippen molar-refractivity contribution in [1.82, 2.24) is 24.4 Å². The number of nitrogens with one attached hydrogen (secondary N) is 1. The fourth-order valence-electron chi connectivity index (χ4n) is 4.79. The predicted molar refractivity (Wildman–Crippen MR) is 144 cm³/mol. The molecule has 0 atom stereocenters. The van der Waals surface area contributed by atoms with Crippen LogP contribution < -0.4 is 10.2 Å². The Morgan fingerprint density at radius 3 is 2.34 bits per heavy atom. The van der Waals surface area contributed by atoms with E-state index >= 15 is 0 Å². The van der Waals surface area contributed by atoms with Crippen LogP contribution in [0.3, 0.4) is 0 Å². The number of imidazole rings is 1. The van der Waals surface area contributed by atoms with Crippen LogP contribution in [0.1, 0.15) is 46.1 Å². The van der Waals surface area contributed by atoms with E-state index in [1.165, 1.54) is 5.56 Å². The highest BCUT2D eigenvalue weighted by atomic mass is 32.1. The molecule has 35 heavy (non-hydrogen) atoms. The van der Waals surface area contributed by atoms with Gasteiger partial charge in [0.1, 0.15) is 5.69 Å². The van der Waals surface area contributed by atoms with E-state index in [1.807, 2.05) is 9.42 Å². The summed E-state index contributed by atoms with van der Waals surface area (Å²) >= 11 is 1.64. The van der Waals surface area contributed by atoms with Gasteiger partial charge in [-0.3, -0.25) is 9.69 Å². The molecule has 1 amide bonds. The van der Waals surface area contributed by atoms with Crippen LogP contribution in [0.4, 0.5) is 10.9 Å². The van der Waals surface area contributed by atoms with Crippen molar-refractivity contribution >= 4 is 33.2 Å². The standard InChI is InChI=1S/C26H37N7OS/c1-5-19-8-10-20(11-9-19)22-23(28-26(2,3)4)33-24(27-22)35-25(29-33)32-16-14-30(15-17-32)18-21(34)31-12-6-7-13-31/h8-11,28H,5-7,12-18H2,1-4H3. The molecule has 1 aromatic carbocycles. The van der Waals surface area contributed by atoms with E-state index in [4.69, 9.17) is 10.1 Å². The number of hydrogen-bond donors (Lipinski definition) is 1. The molecule has 0 unspecified atom stereocenters. The monoisotopic (exact) mass is 495 g/mol. The number of rotatable bonds is 6. The first-order valence-electron chi connectivity index (χ1n) is 12.8. The van der Waals surface area contributed by atoms with Gasteiger partial charge in [-0.15, -0.1) is 5.10 Å². The third-order valence-electron chi connectivity index (χ3n) is 6.78.